The van der Waals surface area contributed by atoms with Crippen molar-refractivity contribution >= 4 is 20.0 Å². The van der Waals surface area contributed by atoms with Gasteiger partial charge in [-0.25, -0.2) is 4.79 Å². The number of hydrogen-bond donors (Lipinski definition) is 2. The van der Waals surface area contributed by atoms with E-state index in [4.69, 9.17) is 20.4 Å². The van der Waals surface area contributed by atoms with Crippen molar-refractivity contribution in [2.45, 2.75) is 64.3 Å². The second-order valence-electron chi connectivity index (χ2n) is 6.71. The molecule has 0 saturated carbocycles. The zero-order valence-corrected chi connectivity index (χ0v) is 14.2. The number of carbonyl (C=O) groups excluding carboxylic acids is 1. The van der Waals surface area contributed by atoms with E-state index < -0.39 is 31.9 Å². The van der Waals surface area contributed by atoms with E-state index in [1.165, 1.54) is 0 Å². The molecule has 0 aliphatic rings. The molecule has 3 N–H and O–H groups in total. The van der Waals surface area contributed by atoms with Crippen molar-refractivity contribution in [3.63, 3.8) is 0 Å². The smallest absolute Gasteiger partial charge is 0.475 e. The van der Waals surface area contributed by atoms with E-state index in [1.807, 2.05) is 20.8 Å². The molecule has 0 aromatic heterocycles. The Morgan fingerprint density at radius 2 is 1.52 bits per heavy atom. The molecule has 0 aliphatic heterocycles. The second kappa shape index (κ2) is 7.78. The molecule has 0 amide bonds. The Morgan fingerprint density at radius 1 is 1.19 bits per heavy atom. The molecular weight excluding hydrogens is 307 g/mol. The van der Waals surface area contributed by atoms with Gasteiger partial charge in [-0.1, -0.05) is 19.6 Å². The van der Waals surface area contributed by atoms with Crippen LogP contribution in [-0.4, -0.2) is 42.9 Å². The summed E-state index contributed by atoms with van der Waals surface area (Å²) in [4.78, 5) is 20.4. The lowest BCUT2D eigenvalue weighted by atomic mass is 10.2. The first kappa shape index (κ1) is 22.2. The van der Waals surface area contributed by atoms with Crippen molar-refractivity contribution in [2.75, 3.05) is 0 Å². The summed E-state index contributed by atoms with van der Waals surface area (Å²) in [7, 11) is -1.28. The van der Waals surface area contributed by atoms with E-state index in [0.29, 0.717) is 0 Å². The van der Waals surface area contributed by atoms with Crippen molar-refractivity contribution in [3.8, 4) is 0 Å². The van der Waals surface area contributed by atoms with E-state index in [-0.39, 0.29) is 5.97 Å². The monoisotopic (exact) mass is 331 g/mol. The Hall–Kier alpha value is -1.09. The quantitative estimate of drug-likeness (QED) is 0.613. The van der Waals surface area contributed by atoms with Crippen LogP contribution in [0.15, 0.2) is 0 Å². The van der Waals surface area contributed by atoms with Crippen LogP contribution < -0.4 is 5.73 Å². The molecule has 0 fully saturated rings. The third-order valence-electron chi connectivity index (χ3n) is 1.78. The van der Waals surface area contributed by atoms with Crippen molar-refractivity contribution in [1.82, 2.24) is 0 Å². The fourth-order valence-corrected chi connectivity index (χ4v) is 2.61. The first-order valence-corrected chi connectivity index (χ1v) is 9.95. The van der Waals surface area contributed by atoms with Gasteiger partial charge in [0.15, 0.2) is 0 Å². The molecule has 0 rings (SSSR count). The Kier molecular flexibility index (Phi) is 8.23. The highest BCUT2D eigenvalue weighted by molar-refractivity contribution is 6.76. The lowest BCUT2D eigenvalue weighted by Crippen LogP contribution is -2.42. The number of carbonyl (C=O) groups is 2. The van der Waals surface area contributed by atoms with Gasteiger partial charge in [0.25, 0.3) is 0 Å². The highest BCUT2D eigenvalue weighted by Crippen LogP contribution is 2.14. The fourth-order valence-electron chi connectivity index (χ4n) is 1.12. The lowest BCUT2D eigenvalue weighted by Gasteiger charge is -2.25. The van der Waals surface area contributed by atoms with Gasteiger partial charge < -0.3 is 15.6 Å². The first-order chi connectivity index (χ1) is 8.96. The van der Waals surface area contributed by atoms with Gasteiger partial charge in [0, 0.05) is 8.07 Å². The third kappa shape index (κ3) is 15.1. The summed E-state index contributed by atoms with van der Waals surface area (Å²) in [5, 5.41) is 7.12. The summed E-state index contributed by atoms with van der Waals surface area (Å²) in [6, 6.07) is 0.322. The molecule has 5 nitrogen and oxygen atoms in total. The lowest BCUT2D eigenvalue weighted by molar-refractivity contribution is -0.192. The van der Waals surface area contributed by atoms with Crippen molar-refractivity contribution in [1.29, 1.82) is 0 Å². The molecule has 0 spiro atoms. The Labute approximate surface area is 123 Å². The minimum Gasteiger partial charge on any atom is -0.475 e. The number of esters is 1. The van der Waals surface area contributed by atoms with Crippen LogP contribution in [0.1, 0.15) is 20.8 Å². The zero-order chi connectivity index (χ0) is 17.6. The molecular formula is C12H24F3NO4Si. The summed E-state index contributed by atoms with van der Waals surface area (Å²) in [6.07, 6.45) is -5.08. The van der Waals surface area contributed by atoms with E-state index in [1.54, 1.807) is 0 Å². The molecule has 0 aromatic carbocycles. The topological polar surface area (TPSA) is 89.6 Å². The largest absolute Gasteiger partial charge is 0.490 e. The molecule has 1 atom stereocenters. The third-order valence-corrected chi connectivity index (χ3v) is 3.45. The highest BCUT2D eigenvalue weighted by atomic mass is 28.3. The maximum Gasteiger partial charge on any atom is 0.490 e. The first-order valence-electron chi connectivity index (χ1n) is 6.24. The van der Waals surface area contributed by atoms with Crippen molar-refractivity contribution in [2.24, 2.45) is 5.73 Å². The predicted molar refractivity (Wildman–Crippen MR) is 75.7 cm³/mol. The Morgan fingerprint density at radius 3 is 1.71 bits per heavy atom. The predicted octanol–water partition coefficient (Wildman–Crippen LogP) is 2.63. The number of hydrogen-bond acceptors (Lipinski definition) is 4. The van der Waals surface area contributed by atoms with Gasteiger partial charge in [-0.05, 0) is 26.8 Å². The number of aliphatic carboxylic acids is 1. The van der Waals surface area contributed by atoms with Crippen molar-refractivity contribution < 1.29 is 32.6 Å². The zero-order valence-electron chi connectivity index (χ0n) is 13.2. The average Bonchev–Trinajstić information content (AvgIpc) is 2.11. The number of carboxylic acid groups (broad SMARTS) is 1. The van der Waals surface area contributed by atoms with E-state index >= 15 is 0 Å². The van der Waals surface area contributed by atoms with Crippen LogP contribution in [0.25, 0.3) is 0 Å². The van der Waals surface area contributed by atoms with Crippen molar-refractivity contribution in [3.05, 3.63) is 0 Å². The maximum absolute atomic E-state index is 11.5. The molecule has 1 unspecified atom stereocenters. The molecule has 0 aromatic rings. The normalized spacial score (nSPS) is 13.8. The minimum atomic E-state index is -5.08. The molecule has 21 heavy (non-hydrogen) atoms. The van der Waals surface area contributed by atoms with Gasteiger partial charge in [-0.15, -0.1) is 0 Å². The van der Waals surface area contributed by atoms with Crippen LogP contribution in [0, 0.1) is 0 Å². The van der Waals surface area contributed by atoms with Crippen LogP contribution in [0.4, 0.5) is 13.2 Å². The Bertz CT molecular complexity index is 359. The summed E-state index contributed by atoms with van der Waals surface area (Å²) in [5.74, 6) is -3.03. The average molecular weight is 331 g/mol. The van der Waals surface area contributed by atoms with Gasteiger partial charge in [0.2, 0.25) is 0 Å². The molecule has 126 valence electrons. The minimum absolute atomic E-state index is 0.278. The van der Waals surface area contributed by atoms with Gasteiger partial charge >= 0.3 is 18.1 Å². The van der Waals surface area contributed by atoms with Gasteiger partial charge in [-0.2, -0.15) is 13.2 Å². The molecule has 0 saturated heterocycles. The van der Waals surface area contributed by atoms with Crippen LogP contribution in [0.3, 0.4) is 0 Å². The molecule has 0 aliphatic carbocycles. The number of nitrogens with two attached hydrogens (primary N) is 1. The summed E-state index contributed by atoms with van der Waals surface area (Å²) in [6.45, 7) is 12.1. The Balaban J connectivity index is 0. The van der Waals surface area contributed by atoms with Gasteiger partial charge in [-0.3, -0.25) is 4.79 Å². The summed E-state index contributed by atoms with van der Waals surface area (Å²) < 4.78 is 36.9. The molecule has 0 heterocycles. The number of halogens is 3. The van der Waals surface area contributed by atoms with Gasteiger partial charge in [0.1, 0.15) is 11.6 Å². The number of alkyl halides is 3. The number of rotatable bonds is 3. The number of ether oxygens (including phenoxy) is 1. The molecule has 0 bridgehead atoms. The second-order valence-corrected chi connectivity index (χ2v) is 12.2. The highest BCUT2D eigenvalue weighted by Gasteiger charge is 2.38. The van der Waals surface area contributed by atoms with Gasteiger partial charge in [0.05, 0.1) is 0 Å². The van der Waals surface area contributed by atoms with E-state index in [0.717, 1.165) is 6.04 Å². The van der Waals surface area contributed by atoms with E-state index in [9.17, 15) is 18.0 Å². The molecule has 0 radical (unpaired) electrons. The fraction of sp³-hybridized carbons (Fsp3) is 0.833. The SMILES string of the molecule is CC(C)(C)OC(=O)C(N)C[Si](C)(C)C.O=C(O)C(F)(F)F. The van der Waals surface area contributed by atoms with Crippen LogP contribution in [0.5, 0.6) is 0 Å². The summed E-state index contributed by atoms with van der Waals surface area (Å²) in [5.41, 5.74) is 5.33. The molecule has 9 heteroatoms. The summed E-state index contributed by atoms with van der Waals surface area (Å²) >= 11 is 0. The standard InChI is InChI=1S/C10H23NO2Si.C2HF3O2/c1-10(2,3)13-9(12)8(11)7-14(4,5)6;3-2(4,5)1(6)7/h8H,7,11H2,1-6H3;(H,6,7). The van der Waals surface area contributed by atoms with Crippen LogP contribution in [0.2, 0.25) is 25.7 Å². The van der Waals surface area contributed by atoms with E-state index in [2.05, 4.69) is 19.6 Å². The van der Waals surface area contributed by atoms with Crippen LogP contribution >= 0.6 is 0 Å². The van der Waals surface area contributed by atoms with Crippen LogP contribution in [-0.2, 0) is 14.3 Å². The number of carboxylic acids is 1. The maximum atomic E-state index is 11.5.